The van der Waals surface area contributed by atoms with E-state index in [2.05, 4.69) is 26.1 Å². The molecule has 0 aromatic heterocycles. The van der Waals surface area contributed by atoms with Gasteiger partial charge in [0, 0.05) is 26.7 Å². The molecule has 0 aromatic rings. The Labute approximate surface area is 124 Å². The Bertz CT molecular complexity index is 363. The molecule has 1 heterocycles. The van der Waals surface area contributed by atoms with Gasteiger partial charge in [-0.05, 0) is 44.2 Å². The molecule has 1 saturated heterocycles. The Morgan fingerprint density at radius 1 is 1.20 bits per heavy atom. The minimum absolute atomic E-state index is 0.452. The summed E-state index contributed by atoms with van der Waals surface area (Å²) in [4.78, 5) is 0. The summed E-state index contributed by atoms with van der Waals surface area (Å²) < 4.78 is 28.2. The van der Waals surface area contributed by atoms with Crippen LogP contribution < -0.4 is 5.32 Å². The minimum Gasteiger partial charge on any atom is -0.317 e. The second-order valence-corrected chi connectivity index (χ2v) is 8.23. The lowest BCUT2D eigenvalue weighted by molar-refractivity contribution is 0.211. The van der Waals surface area contributed by atoms with Crippen molar-refractivity contribution in [2.45, 2.75) is 40.0 Å². The first kappa shape index (κ1) is 17.9. The van der Waals surface area contributed by atoms with E-state index in [0.717, 1.165) is 32.4 Å². The van der Waals surface area contributed by atoms with E-state index >= 15 is 0 Å². The molecule has 1 N–H and O–H groups in total. The fourth-order valence-corrected chi connectivity index (χ4v) is 4.47. The number of hydrogen-bond acceptors (Lipinski definition) is 3. The second kappa shape index (κ2) is 8.32. The van der Waals surface area contributed by atoms with Crippen molar-refractivity contribution in [2.75, 3.05) is 39.8 Å². The summed E-state index contributed by atoms with van der Waals surface area (Å²) in [6.45, 7) is 10.2. The third-order valence-electron chi connectivity index (χ3n) is 3.81. The Hall–Kier alpha value is -0.170. The standard InChI is InChI=1S/C14H31N3O2S/c1-5-7-15-8-6-9-16(4)20(18,19)17-11-13(2)10-14(3)12-17/h13-15H,5-12H2,1-4H3. The molecular formula is C14H31N3O2S. The van der Waals surface area contributed by atoms with Gasteiger partial charge >= 0.3 is 0 Å². The molecule has 0 bridgehead atoms. The maximum atomic E-state index is 12.5. The predicted octanol–water partition coefficient (Wildman–Crippen LogP) is 1.53. The molecule has 1 rings (SSSR count). The monoisotopic (exact) mass is 305 g/mol. The summed E-state index contributed by atoms with van der Waals surface area (Å²) in [5.74, 6) is 0.904. The molecule has 0 aliphatic carbocycles. The molecule has 0 amide bonds. The predicted molar refractivity (Wildman–Crippen MR) is 83.8 cm³/mol. The summed E-state index contributed by atoms with van der Waals surface area (Å²) >= 11 is 0. The summed E-state index contributed by atoms with van der Waals surface area (Å²) in [5, 5.41) is 3.30. The van der Waals surface area contributed by atoms with Crippen LogP contribution in [-0.2, 0) is 10.2 Å². The first-order valence-corrected chi connectivity index (χ1v) is 9.19. The number of nitrogens with one attached hydrogen (secondary N) is 1. The average Bonchev–Trinajstić information content (AvgIpc) is 2.37. The lowest BCUT2D eigenvalue weighted by Gasteiger charge is -2.36. The van der Waals surface area contributed by atoms with Gasteiger partial charge in [0.2, 0.25) is 0 Å². The van der Waals surface area contributed by atoms with Gasteiger partial charge in [-0.25, -0.2) is 0 Å². The van der Waals surface area contributed by atoms with Gasteiger partial charge in [-0.15, -0.1) is 0 Å². The van der Waals surface area contributed by atoms with Crippen LogP contribution in [0.5, 0.6) is 0 Å². The molecule has 20 heavy (non-hydrogen) atoms. The van der Waals surface area contributed by atoms with Crippen LogP contribution in [0.3, 0.4) is 0 Å². The average molecular weight is 305 g/mol. The fraction of sp³-hybridized carbons (Fsp3) is 1.00. The normalized spacial score (nSPS) is 25.2. The van der Waals surface area contributed by atoms with Gasteiger partial charge in [0.25, 0.3) is 10.2 Å². The molecule has 1 aliphatic heterocycles. The van der Waals surface area contributed by atoms with Crippen molar-refractivity contribution >= 4 is 10.2 Å². The molecule has 0 radical (unpaired) electrons. The van der Waals surface area contributed by atoms with Crippen LogP contribution in [0, 0.1) is 11.8 Å². The summed E-state index contributed by atoms with van der Waals surface area (Å²) in [7, 11) is -1.59. The number of nitrogens with zero attached hydrogens (tertiary/aromatic N) is 2. The smallest absolute Gasteiger partial charge is 0.281 e. The Morgan fingerprint density at radius 2 is 1.80 bits per heavy atom. The number of hydrogen-bond donors (Lipinski definition) is 1. The van der Waals surface area contributed by atoms with Gasteiger partial charge in [-0.1, -0.05) is 20.8 Å². The van der Waals surface area contributed by atoms with E-state index in [1.807, 2.05) is 0 Å². The highest BCUT2D eigenvalue weighted by atomic mass is 32.2. The van der Waals surface area contributed by atoms with Crippen molar-refractivity contribution in [1.82, 2.24) is 13.9 Å². The molecule has 2 atom stereocenters. The first-order valence-electron chi connectivity index (χ1n) is 7.80. The third kappa shape index (κ3) is 5.31. The van der Waals surface area contributed by atoms with Crippen molar-refractivity contribution in [2.24, 2.45) is 11.8 Å². The molecular weight excluding hydrogens is 274 g/mol. The van der Waals surface area contributed by atoms with Crippen molar-refractivity contribution in [1.29, 1.82) is 0 Å². The number of piperidine rings is 1. The van der Waals surface area contributed by atoms with Crippen LogP contribution in [0.25, 0.3) is 0 Å². The van der Waals surface area contributed by atoms with Crippen molar-refractivity contribution in [3.63, 3.8) is 0 Å². The Morgan fingerprint density at radius 3 is 2.35 bits per heavy atom. The molecule has 0 saturated carbocycles. The molecule has 6 heteroatoms. The lowest BCUT2D eigenvalue weighted by atomic mass is 9.94. The maximum absolute atomic E-state index is 12.5. The molecule has 1 aliphatic rings. The SMILES string of the molecule is CCCNCCCN(C)S(=O)(=O)N1CC(C)CC(C)C1. The quantitative estimate of drug-likeness (QED) is 0.692. The van der Waals surface area contributed by atoms with Gasteiger partial charge in [-0.3, -0.25) is 0 Å². The molecule has 1 fully saturated rings. The van der Waals surface area contributed by atoms with E-state index in [4.69, 9.17) is 0 Å². The van der Waals surface area contributed by atoms with Crippen molar-refractivity contribution in [3.05, 3.63) is 0 Å². The van der Waals surface area contributed by atoms with E-state index in [1.54, 1.807) is 11.4 Å². The zero-order valence-electron chi connectivity index (χ0n) is 13.4. The molecule has 0 aromatic carbocycles. The highest BCUT2D eigenvalue weighted by Gasteiger charge is 2.32. The van der Waals surface area contributed by atoms with Crippen molar-refractivity contribution < 1.29 is 8.42 Å². The summed E-state index contributed by atoms with van der Waals surface area (Å²) in [5.41, 5.74) is 0. The zero-order chi connectivity index (χ0) is 15.2. The Balaban J connectivity index is 2.45. The molecule has 2 unspecified atom stereocenters. The van der Waals surface area contributed by atoms with Gasteiger partial charge in [0.05, 0.1) is 0 Å². The minimum atomic E-state index is -3.28. The van der Waals surface area contributed by atoms with Gasteiger partial charge in [0.15, 0.2) is 0 Å². The van der Waals surface area contributed by atoms with Gasteiger partial charge < -0.3 is 5.32 Å². The zero-order valence-corrected chi connectivity index (χ0v) is 14.2. The van der Waals surface area contributed by atoms with Crippen LogP contribution >= 0.6 is 0 Å². The van der Waals surface area contributed by atoms with Gasteiger partial charge in [0.1, 0.15) is 0 Å². The largest absolute Gasteiger partial charge is 0.317 e. The second-order valence-electron chi connectivity index (χ2n) is 6.20. The van der Waals surface area contributed by atoms with Gasteiger partial charge in [-0.2, -0.15) is 17.0 Å². The van der Waals surface area contributed by atoms with E-state index in [-0.39, 0.29) is 0 Å². The summed E-state index contributed by atoms with van der Waals surface area (Å²) in [6.07, 6.45) is 3.09. The summed E-state index contributed by atoms with van der Waals surface area (Å²) in [6, 6.07) is 0. The number of rotatable bonds is 8. The molecule has 120 valence electrons. The highest BCUT2D eigenvalue weighted by molar-refractivity contribution is 7.86. The van der Waals surface area contributed by atoms with Crippen LogP contribution in [0.2, 0.25) is 0 Å². The van der Waals surface area contributed by atoms with Crippen LogP contribution in [-0.4, -0.2) is 56.8 Å². The van der Waals surface area contributed by atoms with E-state index in [0.29, 0.717) is 31.5 Å². The van der Waals surface area contributed by atoms with Crippen LogP contribution in [0.15, 0.2) is 0 Å². The van der Waals surface area contributed by atoms with Crippen LogP contribution in [0.1, 0.15) is 40.0 Å². The first-order chi connectivity index (χ1) is 9.37. The highest BCUT2D eigenvalue weighted by Crippen LogP contribution is 2.24. The lowest BCUT2D eigenvalue weighted by Crippen LogP contribution is -2.48. The molecule has 0 spiro atoms. The molecule has 5 nitrogen and oxygen atoms in total. The van der Waals surface area contributed by atoms with Crippen LogP contribution in [0.4, 0.5) is 0 Å². The van der Waals surface area contributed by atoms with E-state index in [1.165, 1.54) is 4.31 Å². The fourth-order valence-electron chi connectivity index (χ4n) is 2.84. The Kier molecular flexibility index (Phi) is 7.43. The van der Waals surface area contributed by atoms with E-state index in [9.17, 15) is 8.42 Å². The topological polar surface area (TPSA) is 52.7 Å². The third-order valence-corrected chi connectivity index (χ3v) is 5.73. The maximum Gasteiger partial charge on any atom is 0.281 e. The van der Waals surface area contributed by atoms with E-state index < -0.39 is 10.2 Å². The van der Waals surface area contributed by atoms with Crippen molar-refractivity contribution in [3.8, 4) is 0 Å².